The van der Waals surface area contributed by atoms with E-state index in [0.717, 1.165) is 17.1 Å². The normalized spacial score (nSPS) is 10.4. The number of hydroxylamine groups is 1. The summed E-state index contributed by atoms with van der Waals surface area (Å²) in [6.07, 6.45) is 1.62. The van der Waals surface area contributed by atoms with E-state index in [4.69, 9.17) is 10.3 Å². The molecule has 0 heterocycles. The van der Waals surface area contributed by atoms with Crippen LogP contribution in [0.3, 0.4) is 0 Å². The number of benzene rings is 2. The Bertz CT molecular complexity index is 852. The Labute approximate surface area is 160 Å². The van der Waals surface area contributed by atoms with Gasteiger partial charge in [0.25, 0.3) is 0 Å². The molecule has 0 aliphatic rings. The van der Waals surface area contributed by atoms with E-state index in [0.29, 0.717) is 17.5 Å². The Hall–Kier alpha value is -2.84. The lowest BCUT2D eigenvalue weighted by molar-refractivity contribution is -0.129. The topological polar surface area (TPSA) is 124 Å². The van der Waals surface area contributed by atoms with Crippen LogP contribution in [-0.2, 0) is 4.79 Å². The van der Waals surface area contributed by atoms with Crippen LogP contribution in [0.5, 0.6) is 0 Å². The Morgan fingerprint density at radius 2 is 1.74 bits per heavy atom. The number of unbranched alkanes of at least 4 members (excludes halogenated alkanes) is 1. The lowest BCUT2D eigenvalue weighted by atomic mass is 9.98. The second kappa shape index (κ2) is 9.75. The maximum Gasteiger partial charge on any atom is 0.336 e. The standard InChI is InChI=1S/C19H19NO6S/c21-17(20-26)6-1-2-9-27-14-7-8-15(19(24)25)16(11-14)12-4-3-5-13(10-12)18(22)23/h3-5,7-8,10-11,26H,1-2,6,9H2,(H,20,21)(H,22,23)(H,24,25). The Kier molecular flexibility index (Phi) is 7.39. The first kappa shape index (κ1) is 20.5. The minimum atomic E-state index is -1.09. The number of hydrogen-bond donors (Lipinski definition) is 4. The lowest BCUT2D eigenvalue weighted by Crippen LogP contribution is -2.17. The molecular formula is C19H19NO6S. The van der Waals surface area contributed by atoms with Crippen molar-refractivity contribution in [3.05, 3.63) is 53.6 Å². The summed E-state index contributed by atoms with van der Waals surface area (Å²) >= 11 is 1.52. The number of rotatable bonds is 9. The van der Waals surface area contributed by atoms with E-state index in [9.17, 15) is 19.5 Å². The van der Waals surface area contributed by atoms with Gasteiger partial charge >= 0.3 is 11.9 Å². The summed E-state index contributed by atoms with van der Waals surface area (Å²) in [5.74, 6) is -1.87. The first-order valence-corrected chi connectivity index (χ1v) is 9.17. The van der Waals surface area contributed by atoms with Crippen molar-refractivity contribution >= 4 is 29.6 Å². The molecule has 2 rings (SSSR count). The molecule has 0 atom stereocenters. The molecular weight excluding hydrogens is 370 g/mol. The largest absolute Gasteiger partial charge is 0.478 e. The van der Waals surface area contributed by atoms with Crippen LogP contribution in [0.15, 0.2) is 47.4 Å². The van der Waals surface area contributed by atoms with E-state index in [1.165, 1.54) is 30.0 Å². The number of carboxylic acid groups (broad SMARTS) is 2. The third-order valence-corrected chi connectivity index (χ3v) is 4.91. The number of hydrogen-bond acceptors (Lipinski definition) is 5. The molecule has 2 aromatic rings. The zero-order valence-electron chi connectivity index (χ0n) is 14.3. The highest BCUT2D eigenvalue weighted by molar-refractivity contribution is 7.99. The smallest absolute Gasteiger partial charge is 0.336 e. The molecule has 0 saturated carbocycles. The van der Waals surface area contributed by atoms with Crippen molar-refractivity contribution < 1.29 is 29.8 Å². The van der Waals surface area contributed by atoms with Gasteiger partial charge in [-0.25, -0.2) is 15.1 Å². The van der Waals surface area contributed by atoms with E-state index < -0.39 is 17.8 Å². The molecule has 0 bridgehead atoms. The molecule has 4 N–H and O–H groups in total. The van der Waals surface area contributed by atoms with Crippen molar-refractivity contribution in [2.75, 3.05) is 5.75 Å². The predicted octanol–water partition coefficient (Wildman–Crippen LogP) is 3.52. The zero-order valence-corrected chi connectivity index (χ0v) is 15.2. The first-order valence-electron chi connectivity index (χ1n) is 8.19. The van der Waals surface area contributed by atoms with E-state index >= 15 is 0 Å². The molecule has 0 aromatic heterocycles. The van der Waals surface area contributed by atoms with Crippen molar-refractivity contribution in [2.24, 2.45) is 0 Å². The van der Waals surface area contributed by atoms with E-state index in [2.05, 4.69) is 0 Å². The van der Waals surface area contributed by atoms with Crippen molar-refractivity contribution in [3.63, 3.8) is 0 Å². The number of carboxylic acids is 2. The molecule has 7 nitrogen and oxygen atoms in total. The fraction of sp³-hybridized carbons (Fsp3) is 0.211. The molecule has 8 heteroatoms. The van der Waals surface area contributed by atoms with Crippen LogP contribution in [0, 0.1) is 0 Å². The number of aromatic carboxylic acids is 2. The maximum absolute atomic E-state index is 11.5. The van der Waals surface area contributed by atoms with Crippen LogP contribution in [0.2, 0.25) is 0 Å². The summed E-state index contributed by atoms with van der Waals surface area (Å²) in [6.45, 7) is 0. The molecule has 0 fully saturated rings. The average molecular weight is 389 g/mol. The Morgan fingerprint density at radius 3 is 2.41 bits per heavy atom. The fourth-order valence-corrected chi connectivity index (χ4v) is 3.44. The van der Waals surface area contributed by atoms with Gasteiger partial charge < -0.3 is 10.2 Å². The molecule has 1 amide bonds. The summed E-state index contributed by atoms with van der Waals surface area (Å²) in [7, 11) is 0. The summed E-state index contributed by atoms with van der Waals surface area (Å²) in [6, 6.07) is 11.1. The average Bonchev–Trinajstić information content (AvgIpc) is 2.67. The molecule has 0 saturated heterocycles. The summed E-state index contributed by atoms with van der Waals surface area (Å²) in [5.41, 5.74) is 2.75. The second-order valence-corrected chi connectivity index (χ2v) is 6.91. The molecule has 0 spiro atoms. The summed E-state index contributed by atoms with van der Waals surface area (Å²) < 4.78 is 0. The second-order valence-electron chi connectivity index (χ2n) is 5.74. The molecule has 0 radical (unpaired) electrons. The lowest BCUT2D eigenvalue weighted by Gasteiger charge is -2.10. The molecule has 2 aromatic carbocycles. The highest BCUT2D eigenvalue weighted by atomic mass is 32.2. The van der Waals surface area contributed by atoms with Crippen molar-refractivity contribution in [1.82, 2.24) is 5.48 Å². The highest BCUT2D eigenvalue weighted by Gasteiger charge is 2.14. The van der Waals surface area contributed by atoms with E-state index in [1.54, 1.807) is 29.7 Å². The molecule has 0 unspecified atom stereocenters. The van der Waals surface area contributed by atoms with Crippen LogP contribution < -0.4 is 5.48 Å². The Morgan fingerprint density at radius 1 is 0.963 bits per heavy atom. The minimum absolute atomic E-state index is 0.0871. The van der Waals surface area contributed by atoms with Gasteiger partial charge in [0.1, 0.15) is 0 Å². The van der Waals surface area contributed by atoms with Crippen molar-refractivity contribution in [1.29, 1.82) is 0 Å². The number of carbonyl (C=O) groups excluding carboxylic acids is 1. The predicted molar refractivity (Wildman–Crippen MR) is 100 cm³/mol. The number of nitrogens with one attached hydrogen (secondary N) is 1. The van der Waals surface area contributed by atoms with E-state index in [1.807, 2.05) is 0 Å². The van der Waals surface area contributed by atoms with Crippen LogP contribution in [0.4, 0.5) is 0 Å². The van der Waals surface area contributed by atoms with Gasteiger partial charge in [0.2, 0.25) is 5.91 Å². The summed E-state index contributed by atoms with van der Waals surface area (Å²) in [4.78, 5) is 34.5. The molecule has 142 valence electrons. The highest BCUT2D eigenvalue weighted by Crippen LogP contribution is 2.30. The van der Waals surface area contributed by atoms with Gasteiger partial charge in [-0.15, -0.1) is 11.8 Å². The molecule has 27 heavy (non-hydrogen) atoms. The minimum Gasteiger partial charge on any atom is -0.478 e. The number of carbonyl (C=O) groups is 3. The monoisotopic (exact) mass is 389 g/mol. The van der Waals surface area contributed by atoms with Gasteiger partial charge in [0.05, 0.1) is 11.1 Å². The third kappa shape index (κ3) is 5.83. The SMILES string of the molecule is O=C(CCCCSc1ccc(C(=O)O)c(-c2cccc(C(=O)O)c2)c1)NO. The third-order valence-electron chi connectivity index (χ3n) is 3.83. The van der Waals surface area contributed by atoms with Gasteiger partial charge in [-0.1, -0.05) is 12.1 Å². The van der Waals surface area contributed by atoms with Crippen LogP contribution >= 0.6 is 11.8 Å². The van der Waals surface area contributed by atoms with Gasteiger partial charge in [-0.3, -0.25) is 10.0 Å². The van der Waals surface area contributed by atoms with Gasteiger partial charge in [0.15, 0.2) is 0 Å². The van der Waals surface area contributed by atoms with Gasteiger partial charge in [0, 0.05) is 11.3 Å². The van der Waals surface area contributed by atoms with Gasteiger partial charge in [-0.05, 0) is 60.1 Å². The van der Waals surface area contributed by atoms with Crippen LogP contribution in [-0.4, -0.2) is 39.0 Å². The van der Waals surface area contributed by atoms with Crippen molar-refractivity contribution in [2.45, 2.75) is 24.2 Å². The quantitative estimate of drug-likeness (QED) is 0.224. The number of thioether (sulfide) groups is 1. The maximum atomic E-state index is 11.5. The summed E-state index contributed by atoms with van der Waals surface area (Å²) in [5, 5.41) is 27.0. The fourth-order valence-electron chi connectivity index (χ4n) is 2.49. The first-order chi connectivity index (χ1) is 12.9. The van der Waals surface area contributed by atoms with Gasteiger partial charge in [-0.2, -0.15) is 0 Å². The zero-order chi connectivity index (χ0) is 19.8. The van der Waals surface area contributed by atoms with E-state index in [-0.39, 0.29) is 17.5 Å². The Balaban J connectivity index is 2.17. The number of amides is 1. The van der Waals surface area contributed by atoms with Crippen LogP contribution in [0.25, 0.3) is 11.1 Å². The molecule has 0 aliphatic heterocycles. The van der Waals surface area contributed by atoms with Crippen molar-refractivity contribution in [3.8, 4) is 11.1 Å². The van der Waals surface area contributed by atoms with Crippen LogP contribution in [0.1, 0.15) is 40.0 Å². The molecule has 0 aliphatic carbocycles.